The van der Waals surface area contributed by atoms with Gasteiger partial charge in [-0.25, -0.2) is 0 Å². The Morgan fingerprint density at radius 3 is 2.68 bits per heavy atom. The first-order valence-electron chi connectivity index (χ1n) is 11.1. The molecule has 4 rings (SSSR count). The van der Waals surface area contributed by atoms with E-state index < -0.39 is 0 Å². The van der Waals surface area contributed by atoms with Crippen molar-refractivity contribution < 1.29 is 9.84 Å². The van der Waals surface area contributed by atoms with Gasteiger partial charge in [0.15, 0.2) is 0 Å². The maximum absolute atomic E-state index is 9.66. The van der Waals surface area contributed by atoms with Crippen LogP contribution in [0.15, 0.2) is 67.1 Å². The van der Waals surface area contributed by atoms with E-state index >= 15 is 0 Å². The molecule has 6 heteroatoms. The van der Waals surface area contributed by atoms with Gasteiger partial charge in [0.2, 0.25) is 0 Å². The highest BCUT2D eigenvalue weighted by atomic mass is 16.5. The molecule has 2 aromatic heterocycles. The molecule has 1 fully saturated rings. The Hall–Kier alpha value is -2.67. The molecule has 1 aliphatic rings. The second-order valence-corrected chi connectivity index (χ2v) is 8.03. The Morgan fingerprint density at radius 2 is 1.94 bits per heavy atom. The molecule has 6 nitrogen and oxygen atoms in total. The molecule has 1 N–H and O–H groups in total. The van der Waals surface area contributed by atoms with E-state index in [0.29, 0.717) is 12.6 Å². The Balaban J connectivity index is 1.40. The number of rotatable bonds is 9. The number of benzene rings is 1. The third kappa shape index (κ3) is 5.53. The van der Waals surface area contributed by atoms with E-state index in [-0.39, 0.29) is 6.61 Å². The van der Waals surface area contributed by atoms with Gasteiger partial charge < -0.3 is 14.4 Å². The van der Waals surface area contributed by atoms with Gasteiger partial charge in [-0.15, -0.1) is 0 Å². The zero-order valence-electron chi connectivity index (χ0n) is 18.2. The second kappa shape index (κ2) is 10.6. The fourth-order valence-electron chi connectivity index (χ4n) is 4.35. The molecule has 0 unspecified atom stereocenters. The highest BCUT2D eigenvalue weighted by Gasteiger charge is 2.27. The summed E-state index contributed by atoms with van der Waals surface area (Å²) in [5, 5.41) is 9.66. The molecule has 1 atom stereocenters. The largest absolute Gasteiger partial charge is 0.494 e. The van der Waals surface area contributed by atoms with Gasteiger partial charge in [0, 0.05) is 63.5 Å². The summed E-state index contributed by atoms with van der Waals surface area (Å²) in [6.07, 6.45) is 6.58. The third-order valence-electron chi connectivity index (χ3n) is 5.91. The number of hydrogen-bond donors (Lipinski definition) is 1. The summed E-state index contributed by atoms with van der Waals surface area (Å²) in [4.78, 5) is 9.25. The predicted molar refractivity (Wildman–Crippen MR) is 122 cm³/mol. The number of aliphatic hydroxyl groups excluding tert-OH is 1. The molecule has 1 saturated heterocycles. The van der Waals surface area contributed by atoms with Gasteiger partial charge in [0.1, 0.15) is 5.75 Å². The molecule has 0 radical (unpaired) electrons. The number of ether oxygens (including phenoxy) is 1. The van der Waals surface area contributed by atoms with E-state index in [4.69, 9.17) is 4.74 Å². The molecule has 0 bridgehead atoms. The number of aromatic nitrogens is 2. The number of nitrogens with zero attached hydrogens (tertiary/aromatic N) is 4. The molecule has 31 heavy (non-hydrogen) atoms. The van der Waals surface area contributed by atoms with Crippen LogP contribution >= 0.6 is 0 Å². The van der Waals surface area contributed by atoms with E-state index in [9.17, 15) is 5.11 Å². The lowest BCUT2D eigenvalue weighted by Gasteiger charge is -2.41. The van der Waals surface area contributed by atoms with Crippen LogP contribution < -0.4 is 4.74 Å². The zero-order valence-corrected chi connectivity index (χ0v) is 18.2. The van der Waals surface area contributed by atoms with E-state index in [1.165, 1.54) is 11.3 Å². The van der Waals surface area contributed by atoms with Crippen LogP contribution in [0.5, 0.6) is 5.75 Å². The smallest absolute Gasteiger partial charge is 0.119 e. The van der Waals surface area contributed by atoms with Crippen LogP contribution in [0.1, 0.15) is 24.6 Å². The maximum Gasteiger partial charge on any atom is 0.119 e. The summed E-state index contributed by atoms with van der Waals surface area (Å²) in [5.41, 5.74) is 3.63. The molecule has 0 amide bonds. The monoisotopic (exact) mass is 420 g/mol. The summed E-state index contributed by atoms with van der Waals surface area (Å²) in [6, 6.07) is 17.0. The van der Waals surface area contributed by atoms with Crippen LogP contribution in [0.3, 0.4) is 0 Å². The Kier molecular flexibility index (Phi) is 7.35. The van der Waals surface area contributed by atoms with Gasteiger partial charge in [-0.05, 0) is 55.3 Å². The molecule has 164 valence electrons. The topological polar surface area (TPSA) is 53.8 Å². The fraction of sp³-hybridized carbons (Fsp3) is 0.400. The van der Waals surface area contributed by atoms with Crippen LogP contribution in [0.4, 0.5) is 0 Å². The molecule has 3 heterocycles. The minimum absolute atomic E-state index is 0.213. The minimum Gasteiger partial charge on any atom is -0.494 e. The second-order valence-electron chi connectivity index (χ2n) is 8.03. The van der Waals surface area contributed by atoms with Crippen LogP contribution in [-0.4, -0.2) is 63.3 Å². The van der Waals surface area contributed by atoms with Crippen molar-refractivity contribution in [3.63, 3.8) is 0 Å². The number of aliphatic hydroxyl groups is 1. The molecule has 3 aromatic rings. The molecule has 0 aliphatic carbocycles. The van der Waals surface area contributed by atoms with Gasteiger partial charge in [-0.1, -0.05) is 12.1 Å². The normalized spacial score (nSPS) is 17.7. The van der Waals surface area contributed by atoms with E-state index in [2.05, 4.69) is 55.9 Å². The first-order valence-corrected chi connectivity index (χ1v) is 11.1. The average molecular weight is 421 g/mol. The van der Waals surface area contributed by atoms with Crippen LogP contribution in [0.2, 0.25) is 0 Å². The van der Waals surface area contributed by atoms with Crippen molar-refractivity contribution in [2.24, 2.45) is 0 Å². The lowest BCUT2D eigenvalue weighted by atomic mass is 10.1. The minimum atomic E-state index is 0.213. The van der Waals surface area contributed by atoms with Gasteiger partial charge >= 0.3 is 0 Å². The lowest BCUT2D eigenvalue weighted by molar-refractivity contribution is 0.0492. The van der Waals surface area contributed by atoms with Crippen molar-refractivity contribution in [1.82, 2.24) is 19.4 Å². The van der Waals surface area contributed by atoms with Crippen LogP contribution in [0.25, 0.3) is 5.69 Å². The van der Waals surface area contributed by atoms with Gasteiger partial charge in [-0.3, -0.25) is 14.8 Å². The number of pyridine rings is 1. The van der Waals surface area contributed by atoms with Crippen LogP contribution in [0, 0.1) is 0 Å². The Labute approximate surface area is 184 Å². The molecular formula is C25H32N4O2. The summed E-state index contributed by atoms with van der Waals surface area (Å²) in [5.74, 6) is 0.916. The fourth-order valence-corrected chi connectivity index (χ4v) is 4.35. The first-order chi connectivity index (χ1) is 15.3. The van der Waals surface area contributed by atoms with Crippen molar-refractivity contribution in [1.29, 1.82) is 0 Å². The summed E-state index contributed by atoms with van der Waals surface area (Å²) < 4.78 is 7.77. The lowest BCUT2D eigenvalue weighted by Crippen LogP contribution is -2.52. The predicted octanol–water partition coefficient (Wildman–Crippen LogP) is 3.34. The SMILES string of the molecule is CCOc1ccc(CN2CCN(Cc3cccn3-c3cccnc3)C[C@H]2CCO)cc1. The van der Waals surface area contributed by atoms with Gasteiger partial charge in [0.25, 0.3) is 0 Å². The highest BCUT2D eigenvalue weighted by molar-refractivity contribution is 5.32. The van der Waals surface area contributed by atoms with E-state index in [0.717, 1.165) is 50.6 Å². The molecule has 0 spiro atoms. The standard InChI is InChI=1S/C25H32N4O2/c1-2-31-25-9-7-21(8-10-25)18-28-15-14-27(19-23(28)11-16-30)20-24-6-4-13-29(24)22-5-3-12-26-17-22/h3-10,12-13,17,23,30H,2,11,14-16,18-20H2,1H3/t23-/m1/s1. The maximum atomic E-state index is 9.66. The summed E-state index contributed by atoms with van der Waals surface area (Å²) in [7, 11) is 0. The molecule has 0 saturated carbocycles. The quantitative estimate of drug-likeness (QED) is 0.575. The average Bonchev–Trinajstić information content (AvgIpc) is 3.26. The van der Waals surface area contributed by atoms with Gasteiger partial charge in [-0.2, -0.15) is 0 Å². The highest BCUT2D eigenvalue weighted by Crippen LogP contribution is 2.21. The van der Waals surface area contributed by atoms with Crippen LogP contribution in [-0.2, 0) is 13.1 Å². The van der Waals surface area contributed by atoms with Crippen molar-refractivity contribution in [3.05, 3.63) is 78.4 Å². The zero-order chi connectivity index (χ0) is 21.5. The van der Waals surface area contributed by atoms with Crippen molar-refractivity contribution in [2.45, 2.75) is 32.5 Å². The van der Waals surface area contributed by atoms with E-state index in [1.807, 2.05) is 31.3 Å². The number of piperazine rings is 1. The Morgan fingerprint density at radius 1 is 1.06 bits per heavy atom. The van der Waals surface area contributed by atoms with Crippen molar-refractivity contribution >= 4 is 0 Å². The van der Waals surface area contributed by atoms with E-state index in [1.54, 1.807) is 6.20 Å². The molecule has 1 aliphatic heterocycles. The number of hydrogen-bond acceptors (Lipinski definition) is 5. The first kappa shape index (κ1) is 21.6. The Bertz CT molecular complexity index is 926. The summed E-state index contributed by atoms with van der Waals surface area (Å²) in [6.45, 7) is 7.64. The van der Waals surface area contributed by atoms with Crippen molar-refractivity contribution in [3.8, 4) is 11.4 Å². The third-order valence-corrected chi connectivity index (χ3v) is 5.91. The van der Waals surface area contributed by atoms with Gasteiger partial charge in [0.05, 0.1) is 18.5 Å². The molecule has 1 aromatic carbocycles. The summed E-state index contributed by atoms with van der Waals surface area (Å²) >= 11 is 0. The van der Waals surface area contributed by atoms with Crippen molar-refractivity contribution in [2.75, 3.05) is 32.8 Å². The molecular weight excluding hydrogens is 388 g/mol.